The normalized spacial score (nSPS) is 10.8. The first-order valence-electron chi connectivity index (χ1n) is 8.22. The number of hydrogen-bond acceptors (Lipinski definition) is 4. The lowest BCUT2D eigenvalue weighted by Gasteiger charge is -2.15. The van der Waals surface area contributed by atoms with E-state index in [9.17, 15) is 14.7 Å². The number of halogens is 1. The molecule has 1 aromatic heterocycles. The summed E-state index contributed by atoms with van der Waals surface area (Å²) in [5.41, 5.74) is 1.63. The van der Waals surface area contributed by atoms with Crippen molar-refractivity contribution < 1.29 is 14.6 Å². The van der Waals surface area contributed by atoms with E-state index < -0.39 is 11.5 Å². The molecule has 0 fully saturated rings. The van der Waals surface area contributed by atoms with Gasteiger partial charge in [-0.2, -0.15) is 0 Å². The van der Waals surface area contributed by atoms with Gasteiger partial charge in [0.1, 0.15) is 5.75 Å². The molecular formula is C20H18INO4. The maximum Gasteiger partial charge on any atom is 0.347 e. The third-order valence-corrected chi connectivity index (χ3v) is 5.00. The zero-order valence-corrected chi connectivity index (χ0v) is 16.4. The fraction of sp³-hybridized carbons (Fsp3) is 0.200. The highest BCUT2D eigenvalue weighted by molar-refractivity contribution is 14.1. The molecule has 6 heteroatoms. The SMILES string of the molecule is CCOC(=O)c1c(O)c2cc(CI)ccc2n(Cc2ccccc2)c1=O. The Hall–Kier alpha value is -2.35. The van der Waals surface area contributed by atoms with Crippen molar-refractivity contribution in [3.8, 4) is 5.75 Å². The Morgan fingerprint density at radius 2 is 1.88 bits per heavy atom. The van der Waals surface area contributed by atoms with E-state index in [-0.39, 0.29) is 17.9 Å². The van der Waals surface area contributed by atoms with Crippen molar-refractivity contribution in [3.05, 3.63) is 75.6 Å². The van der Waals surface area contributed by atoms with E-state index in [1.54, 1.807) is 13.0 Å². The molecule has 3 rings (SSSR count). The summed E-state index contributed by atoms with van der Waals surface area (Å²) >= 11 is 2.23. The zero-order valence-electron chi connectivity index (χ0n) is 14.2. The third-order valence-electron chi connectivity index (χ3n) is 4.12. The highest BCUT2D eigenvalue weighted by atomic mass is 127. The number of carbonyl (C=O) groups excluding carboxylic acids is 1. The molecule has 3 aromatic rings. The van der Waals surface area contributed by atoms with Crippen molar-refractivity contribution in [2.24, 2.45) is 0 Å². The van der Waals surface area contributed by atoms with Gasteiger partial charge in [-0.15, -0.1) is 0 Å². The van der Waals surface area contributed by atoms with Gasteiger partial charge in [0.15, 0.2) is 5.56 Å². The van der Waals surface area contributed by atoms with E-state index in [0.717, 1.165) is 15.6 Å². The van der Waals surface area contributed by atoms with E-state index in [2.05, 4.69) is 22.6 Å². The number of ether oxygens (including phenoxy) is 1. The Balaban J connectivity index is 2.30. The Kier molecular flexibility index (Phi) is 5.61. The lowest BCUT2D eigenvalue weighted by atomic mass is 10.1. The lowest BCUT2D eigenvalue weighted by Crippen LogP contribution is -2.28. The molecule has 5 nitrogen and oxygen atoms in total. The zero-order chi connectivity index (χ0) is 18.7. The molecule has 134 valence electrons. The van der Waals surface area contributed by atoms with Crippen LogP contribution >= 0.6 is 22.6 Å². The number of aromatic hydroxyl groups is 1. The van der Waals surface area contributed by atoms with Gasteiger partial charge in [-0.3, -0.25) is 4.79 Å². The second-order valence-corrected chi connectivity index (χ2v) is 6.57. The molecule has 0 bridgehead atoms. The largest absolute Gasteiger partial charge is 0.506 e. The van der Waals surface area contributed by atoms with Crippen molar-refractivity contribution in [2.45, 2.75) is 17.9 Å². The minimum absolute atomic E-state index is 0.127. The summed E-state index contributed by atoms with van der Waals surface area (Å²) in [5, 5.41) is 11.1. The molecule has 0 saturated carbocycles. The fourth-order valence-electron chi connectivity index (χ4n) is 2.88. The van der Waals surface area contributed by atoms with Crippen LogP contribution in [-0.2, 0) is 15.7 Å². The predicted molar refractivity (Wildman–Crippen MR) is 109 cm³/mol. The van der Waals surface area contributed by atoms with Crippen molar-refractivity contribution in [2.75, 3.05) is 6.61 Å². The van der Waals surface area contributed by atoms with E-state index >= 15 is 0 Å². The van der Waals surface area contributed by atoms with Crippen molar-refractivity contribution in [1.82, 2.24) is 4.57 Å². The molecule has 0 aliphatic carbocycles. The van der Waals surface area contributed by atoms with Crippen molar-refractivity contribution in [1.29, 1.82) is 0 Å². The first kappa shape index (κ1) is 18.4. The summed E-state index contributed by atoms with van der Waals surface area (Å²) in [4.78, 5) is 25.3. The summed E-state index contributed by atoms with van der Waals surface area (Å²) in [5.74, 6) is -1.13. The van der Waals surface area contributed by atoms with Crippen molar-refractivity contribution in [3.63, 3.8) is 0 Å². The number of nitrogens with zero attached hydrogens (tertiary/aromatic N) is 1. The molecule has 0 amide bonds. The lowest BCUT2D eigenvalue weighted by molar-refractivity contribution is 0.0520. The first-order valence-corrected chi connectivity index (χ1v) is 9.74. The van der Waals surface area contributed by atoms with E-state index in [0.29, 0.717) is 17.4 Å². The van der Waals surface area contributed by atoms with Gasteiger partial charge in [0, 0.05) is 9.81 Å². The van der Waals surface area contributed by atoms with Gasteiger partial charge in [-0.25, -0.2) is 4.79 Å². The molecule has 0 unspecified atom stereocenters. The summed E-state index contributed by atoms with van der Waals surface area (Å²) in [6.07, 6.45) is 0. The Bertz CT molecular complexity index is 1010. The molecule has 26 heavy (non-hydrogen) atoms. The van der Waals surface area contributed by atoms with E-state index in [4.69, 9.17) is 4.74 Å². The second-order valence-electron chi connectivity index (χ2n) is 5.81. The van der Waals surface area contributed by atoms with Gasteiger partial charge in [0.25, 0.3) is 5.56 Å². The summed E-state index contributed by atoms with van der Waals surface area (Å²) in [7, 11) is 0. The maximum absolute atomic E-state index is 13.0. The van der Waals surface area contributed by atoms with Crippen molar-refractivity contribution >= 4 is 39.5 Å². The topological polar surface area (TPSA) is 68.5 Å². The number of carbonyl (C=O) groups is 1. The van der Waals surface area contributed by atoms with Gasteiger partial charge in [0.05, 0.1) is 18.7 Å². The van der Waals surface area contributed by atoms with Crippen LogP contribution in [0.4, 0.5) is 0 Å². The average Bonchev–Trinajstić information content (AvgIpc) is 2.66. The van der Waals surface area contributed by atoms with Crippen LogP contribution in [0.5, 0.6) is 5.75 Å². The van der Waals surface area contributed by atoms with Gasteiger partial charge in [0.2, 0.25) is 0 Å². The first-order chi connectivity index (χ1) is 12.6. The minimum Gasteiger partial charge on any atom is -0.506 e. The highest BCUT2D eigenvalue weighted by Crippen LogP contribution is 2.29. The molecule has 0 radical (unpaired) electrons. The Morgan fingerprint density at radius 3 is 2.54 bits per heavy atom. The highest BCUT2D eigenvalue weighted by Gasteiger charge is 2.23. The molecule has 2 aromatic carbocycles. The summed E-state index contributed by atoms with van der Waals surface area (Å²) in [6.45, 7) is 2.08. The Labute approximate surface area is 164 Å². The summed E-state index contributed by atoms with van der Waals surface area (Å²) in [6, 6.07) is 15.0. The molecule has 0 aliphatic heterocycles. The number of alkyl halides is 1. The number of rotatable bonds is 5. The van der Waals surface area contributed by atoms with Gasteiger partial charge < -0.3 is 14.4 Å². The molecule has 1 heterocycles. The minimum atomic E-state index is -0.807. The van der Waals surface area contributed by atoms with Crippen LogP contribution in [0.25, 0.3) is 10.9 Å². The second kappa shape index (κ2) is 7.90. The third kappa shape index (κ3) is 3.46. The van der Waals surface area contributed by atoms with Gasteiger partial charge >= 0.3 is 5.97 Å². The number of benzene rings is 2. The number of hydrogen-bond donors (Lipinski definition) is 1. The van der Waals surface area contributed by atoms with Crippen LogP contribution in [-0.4, -0.2) is 22.2 Å². The van der Waals surface area contributed by atoms with E-state index in [1.165, 1.54) is 4.57 Å². The molecule has 0 saturated heterocycles. The van der Waals surface area contributed by atoms with Crippen LogP contribution in [0.15, 0.2) is 53.3 Å². The van der Waals surface area contributed by atoms with Gasteiger partial charge in [-0.1, -0.05) is 59.0 Å². The molecule has 0 spiro atoms. The monoisotopic (exact) mass is 463 g/mol. The summed E-state index contributed by atoms with van der Waals surface area (Å²) < 4.78 is 7.24. The molecular weight excluding hydrogens is 445 g/mol. The smallest absolute Gasteiger partial charge is 0.347 e. The van der Waals surface area contributed by atoms with Crippen LogP contribution < -0.4 is 5.56 Å². The number of pyridine rings is 1. The van der Waals surface area contributed by atoms with Crippen LogP contribution in [0.1, 0.15) is 28.4 Å². The predicted octanol–water partition coefficient (Wildman–Crippen LogP) is 3.87. The maximum atomic E-state index is 13.0. The number of aromatic nitrogens is 1. The molecule has 0 atom stereocenters. The van der Waals surface area contributed by atoms with Crippen LogP contribution in [0, 0.1) is 0 Å². The number of fused-ring (bicyclic) bond motifs is 1. The van der Waals surface area contributed by atoms with Crippen LogP contribution in [0.2, 0.25) is 0 Å². The average molecular weight is 463 g/mol. The standard InChI is InChI=1S/C20H18INO4/c1-2-26-20(25)17-18(23)15-10-14(11-21)8-9-16(15)22(19(17)24)12-13-6-4-3-5-7-13/h3-10,23H,2,11-12H2,1H3. The molecule has 1 N–H and O–H groups in total. The van der Waals surface area contributed by atoms with Gasteiger partial charge in [-0.05, 0) is 30.2 Å². The quantitative estimate of drug-likeness (QED) is 0.355. The Morgan fingerprint density at radius 1 is 1.15 bits per heavy atom. The van der Waals surface area contributed by atoms with E-state index in [1.807, 2.05) is 42.5 Å². The van der Waals surface area contributed by atoms with Crippen LogP contribution in [0.3, 0.4) is 0 Å². The number of esters is 1. The molecule has 0 aliphatic rings. The fourth-order valence-corrected chi connectivity index (χ4v) is 3.36.